The Kier molecular flexibility index (Phi) is 5.47. The summed E-state index contributed by atoms with van der Waals surface area (Å²) >= 11 is 0. The first-order chi connectivity index (χ1) is 14.0. The molecule has 1 fully saturated rings. The molecule has 0 aromatic heterocycles. The van der Waals surface area contributed by atoms with E-state index >= 15 is 0 Å². The zero-order valence-corrected chi connectivity index (χ0v) is 17.0. The van der Waals surface area contributed by atoms with Crippen molar-refractivity contribution in [1.82, 2.24) is 4.31 Å². The van der Waals surface area contributed by atoms with Crippen molar-refractivity contribution in [2.45, 2.75) is 30.7 Å². The van der Waals surface area contributed by atoms with Gasteiger partial charge in [-0.3, -0.25) is 0 Å². The standard InChI is InChI=1S/C21H23NO6S/c1-2-26-21(23)15-5-8-17(9-6-15)29(24,25)22-11-3-4-18(22)16-7-10-19-20(14-16)28-13-12-27-19/h5-10,14,18H,2-4,11-13H2,1H3/t18-/m1/s1. The molecule has 0 amide bonds. The Morgan fingerprint density at radius 2 is 1.83 bits per heavy atom. The maximum atomic E-state index is 13.3. The van der Waals surface area contributed by atoms with E-state index < -0.39 is 16.0 Å². The lowest BCUT2D eigenvalue weighted by atomic mass is 10.0. The first-order valence-electron chi connectivity index (χ1n) is 9.69. The molecule has 0 N–H and O–H groups in total. The number of rotatable bonds is 5. The number of fused-ring (bicyclic) bond motifs is 1. The second-order valence-corrected chi connectivity index (χ2v) is 8.81. The van der Waals surface area contributed by atoms with E-state index in [4.69, 9.17) is 14.2 Å². The predicted molar refractivity (Wildman–Crippen MR) is 106 cm³/mol. The highest BCUT2D eigenvalue weighted by atomic mass is 32.2. The average molecular weight is 417 g/mol. The van der Waals surface area contributed by atoms with Gasteiger partial charge in [0.1, 0.15) is 13.2 Å². The molecule has 2 aliphatic heterocycles. The largest absolute Gasteiger partial charge is 0.486 e. The summed E-state index contributed by atoms with van der Waals surface area (Å²) in [5, 5.41) is 0. The van der Waals surface area contributed by atoms with Crippen molar-refractivity contribution < 1.29 is 27.4 Å². The van der Waals surface area contributed by atoms with Crippen LogP contribution in [-0.4, -0.2) is 45.1 Å². The molecule has 0 spiro atoms. The number of carbonyl (C=O) groups excluding carboxylic acids is 1. The van der Waals surface area contributed by atoms with Gasteiger partial charge in [-0.2, -0.15) is 4.31 Å². The van der Waals surface area contributed by atoms with Gasteiger partial charge >= 0.3 is 5.97 Å². The SMILES string of the molecule is CCOC(=O)c1ccc(S(=O)(=O)N2CCC[C@@H]2c2ccc3c(c2)OCCO3)cc1. The molecule has 154 valence electrons. The minimum Gasteiger partial charge on any atom is -0.486 e. The van der Waals surface area contributed by atoms with Crippen LogP contribution in [0.1, 0.15) is 41.7 Å². The first kappa shape index (κ1) is 19.7. The number of benzene rings is 2. The molecule has 7 nitrogen and oxygen atoms in total. The summed E-state index contributed by atoms with van der Waals surface area (Å²) in [5.74, 6) is 0.866. The zero-order valence-electron chi connectivity index (χ0n) is 16.2. The van der Waals surface area contributed by atoms with Crippen molar-refractivity contribution in [2.24, 2.45) is 0 Å². The molecule has 0 saturated carbocycles. The molecule has 0 unspecified atom stereocenters. The summed E-state index contributed by atoms with van der Waals surface area (Å²) in [6.45, 7) is 3.43. The summed E-state index contributed by atoms with van der Waals surface area (Å²) in [6, 6.07) is 11.2. The highest BCUT2D eigenvalue weighted by Gasteiger charge is 2.36. The van der Waals surface area contributed by atoms with Crippen LogP contribution >= 0.6 is 0 Å². The van der Waals surface area contributed by atoms with E-state index in [1.54, 1.807) is 6.92 Å². The third kappa shape index (κ3) is 3.82. The van der Waals surface area contributed by atoms with Gasteiger partial charge in [-0.05, 0) is 61.7 Å². The Morgan fingerprint density at radius 3 is 2.55 bits per heavy atom. The highest BCUT2D eigenvalue weighted by Crippen LogP contribution is 2.40. The van der Waals surface area contributed by atoms with E-state index in [1.807, 2.05) is 18.2 Å². The van der Waals surface area contributed by atoms with Crippen LogP contribution in [0.2, 0.25) is 0 Å². The average Bonchev–Trinajstić information content (AvgIpc) is 3.24. The topological polar surface area (TPSA) is 82.1 Å². The summed E-state index contributed by atoms with van der Waals surface area (Å²) < 4.78 is 44.2. The molecule has 1 saturated heterocycles. The minimum absolute atomic E-state index is 0.162. The quantitative estimate of drug-likeness (QED) is 0.695. The Hall–Kier alpha value is -2.58. The number of hydrogen-bond donors (Lipinski definition) is 0. The fourth-order valence-electron chi connectivity index (χ4n) is 3.74. The van der Waals surface area contributed by atoms with Gasteiger partial charge in [0.05, 0.1) is 23.1 Å². The molecular weight excluding hydrogens is 394 g/mol. The molecular formula is C21H23NO6S. The fraction of sp³-hybridized carbons (Fsp3) is 0.381. The Morgan fingerprint density at radius 1 is 1.10 bits per heavy atom. The lowest BCUT2D eigenvalue weighted by Crippen LogP contribution is -2.30. The van der Waals surface area contributed by atoms with Crippen molar-refractivity contribution in [3.8, 4) is 11.5 Å². The predicted octanol–water partition coefficient (Wildman–Crippen LogP) is 3.16. The molecule has 2 aliphatic rings. The summed E-state index contributed by atoms with van der Waals surface area (Å²) in [5.41, 5.74) is 1.22. The van der Waals surface area contributed by atoms with Crippen molar-refractivity contribution in [2.75, 3.05) is 26.4 Å². The summed E-state index contributed by atoms with van der Waals surface area (Å²) in [4.78, 5) is 12.0. The van der Waals surface area contributed by atoms with Crippen molar-refractivity contribution >= 4 is 16.0 Å². The van der Waals surface area contributed by atoms with Crippen LogP contribution in [-0.2, 0) is 14.8 Å². The van der Waals surface area contributed by atoms with Gasteiger partial charge in [0, 0.05) is 6.54 Å². The van der Waals surface area contributed by atoms with E-state index in [1.165, 1.54) is 28.6 Å². The highest BCUT2D eigenvalue weighted by molar-refractivity contribution is 7.89. The normalized spacial score (nSPS) is 19.1. The van der Waals surface area contributed by atoms with Gasteiger partial charge in [0.2, 0.25) is 10.0 Å². The third-order valence-electron chi connectivity index (χ3n) is 5.13. The van der Waals surface area contributed by atoms with Gasteiger partial charge < -0.3 is 14.2 Å². The van der Waals surface area contributed by atoms with Crippen LogP contribution in [0.25, 0.3) is 0 Å². The van der Waals surface area contributed by atoms with Crippen LogP contribution in [0.4, 0.5) is 0 Å². The molecule has 8 heteroatoms. The third-order valence-corrected chi connectivity index (χ3v) is 7.05. The zero-order chi connectivity index (χ0) is 20.4. The summed E-state index contributed by atoms with van der Waals surface area (Å²) in [6.07, 6.45) is 1.51. The number of nitrogens with zero attached hydrogens (tertiary/aromatic N) is 1. The lowest BCUT2D eigenvalue weighted by Gasteiger charge is -2.26. The van der Waals surface area contributed by atoms with E-state index in [0.717, 1.165) is 18.4 Å². The second kappa shape index (κ2) is 8.04. The van der Waals surface area contributed by atoms with Gasteiger partial charge in [0.25, 0.3) is 0 Å². The maximum absolute atomic E-state index is 13.3. The molecule has 0 radical (unpaired) electrons. The van der Waals surface area contributed by atoms with Gasteiger partial charge in [0.15, 0.2) is 11.5 Å². The molecule has 1 atom stereocenters. The van der Waals surface area contributed by atoms with E-state index in [9.17, 15) is 13.2 Å². The van der Waals surface area contributed by atoms with Crippen LogP contribution in [0.15, 0.2) is 47.4 Å². The van der Waals surface area contributed by atoms with E-state index in [0.29, 0.717) is 36.8 Å². The van der Waals surface area contributed by atoms with Crippen LogP contribution < -0.4 is 9.47 Å². The van der Waals surface area contributed by atoms with Gasteiger partial charge in [-0.25, -0.2) is 13.2 Å². The van der Waals surface area contributed by atoms with Gasteiger partial charge in [-0.15, -0.1) is 0 Å². The summed E-state index contributed by atoms with van der Waals surface area (Å²) in [7, 11) is -3.70. The Bertz CT molecular complexity index is 1000. The molecule has 4 rings (SSSR count). The Balaban J connectivity index is 1.60. The van der Waals surface area contributed by atoms with Crippen LogP contribution in [0, 0.1) is 0 Å². The van der Waals surface area contributed by atoms with Crippen molar-refractivity contribution in [3.63, 3.8) is 0 Å². The number of ether oxygens (including phenoxy) is 3. The van der Waals surface area contributed by atoms with Crippen molar-refractivity contribution in [1.29, 1.82) is 0 Å². The maximum Gasteiger partial charge on any atom is 0.338 e. The molecule has 2 aromatic rings. The lowest BCUT2D eigenvalue weighted by molar-refractivity contribution is 0.0526. The molecule has 0 bridgehead atoms. The van der Waals surface area contributed by atoms with Gasteiger partial charge in [-0.1, -0.05) is 6.07 Å². The smallest absolute Gasteiger partial charge is 0.338 e. The molecule has 29 heavy (non-hydrogen) atoms. The minimum atomic E-state index is -3.70. The number of sulfonamides is 1. The molecule has 2 aromatic carbocycles. The number of esters is 1. The second-order valence-electron chi connectivity index (χ2n) is 6.92. The van der Waals surface area contributed by atoms with E-state index in [2.05, 4.69) is 0 Å². The fourth-order valence-corrected chi connectivity index (χ4v) is 5.42. The Labute approximate surface area is 170 Å². The van der Waals surface area contributed by atoms with Crippen molar-refractivity contribution in [3.05, 3.63) is 53.6 Å². The van der Waals surface area contributed by atoms with E-state index in [-0.39, 0.29) is 17.5 Å². The number of carbonyl (C=O) groups is 1. The number of hydrogen-bond acceptors (Lipinski definition) is 6. The van der Waals surface area contributed by atoms with Crippen LogP contribution in [0.3, 0.4) is 0 Å². The van der Waals surface area contributed by atoms with Crippen LogP contribution in [0.5, 0.6) is 11.5 Å². The monoisotopic (exact) mass is 417 g/mol. The molecule has 2 heterocycles. The molecule has 0 aliphatic carbocycles. The first-order valence-corrected chi connectivity index (χ1v) is 11.1.